The van der Waals surface area contributed by atoms with E-state index in [0.29, 0.717) is 0 Å². The molecule has 5 aromatic carbocycles. The first-order chi connectivity index (χ1) is 18.9. The Labute approximate surface area is 221 Å². The number of aromatic nitrogens is 2. The minimum atomic E-state index is 1.07. The molecule has 0 atom stereocenters. The molecule has 0 radical (unpaired) electrons. The van der Waals surface area contributed by atoms with Crippen molar-refractivity contribution in [1.29, 1.82) is 0 Å². The summed E-state index contributed by atoms with van der Waals surface area (Å²) in [5, 5.41) is 3.92. The number of allylic oxidation sites excluding steroid dienone is 1. The van der Waals surface area contributed by atoms with Crippen molar-refractivity contribution in [1.82, 2.24) is 9.13 Å². The van der Waals surface area contributed by atoms with Gasteiger partial charge in [-0.2, -0.15) is 0 Å². The fourth-order valence-electron chi connectivity index (χ4n) is 6.36. The highest BCUT2D eigenvalue weighted by molar-refractivity contribution is 6.14. The van der Waals surface area contributed by atoms with Crippen LogP contribution in [0.1, 0.15) is 17.7 Å². The summed E-state index contributed by atoms with van der Waals surface area (Å²) >= 11 is 0. The largest absolute Gasteiger partial charge is 0.310 e. The Morgan fingerprint density at radius 1 is 0.526 bits per heavy atom. The van der Waals surface area contributed by atoms with E-state index < -0.39 is 0 Å². The van der Waals surface area contributed by atoms with E-state index in [-0.39, 0.29) is 0 Å². The van der Waals surface area contributed by atoms with Gasteiger partial charge >= 0.3 is 0 Å². The minimum absolute atomic E-state index is 1.07. The highest BCUT2D eigenvalue weighted by Crippen LogP contribution is 2.41. The number of para-hydroxylation sites is 4. The third-order valence-corrected chi connectivity index (χ3v) is 7.98. The number of fused-ring (bicyclic) bond motifs is 6. The maximum Gasteiger partial charge on any atom is 0.0619 e. The molecule has 0 aliphatic heterocycles. The van der Waals surface area contributed by atoms with Crippen LogP contribution in [0.2, 0.25) is 0 Å². The molecule has 2 nitrogen and oxygen atoms in total. The fourth-order valence-corrected chi connectivity index (χ4v) is 6.36. The molecular formula is C36H26N2. The normalized spacial score (nSPS) is 12.9. The molecule has 1 aliphatic carbocycles. The monoisotopic (exact) mass is 486 g/mol. The Kier molecular flexibility index (Phi) is 4.68. The van der Waals surface area contributed by atoms with Crippen LogP contribution in [-0.2, 0) is 6.42 Å². The van der Waals surface area contributed by atoms with Crippen LogP contribution in [0.5, 0.6) is 0 Å². The van der Waals surface area contributed by atoms with Gasteiger partial charge in [-0.25, -0.2) is 0 Å². The number of nitrogens with zero attached hydrogens (tertiary/aromatic N) is 2. The number of hydrogen-bond donors (Lipinski definition) is 0. The van der Waals surface area contributed by atoms with Crippen LogP contribution < -0.4 is 0 Å². The molecule has 0 spiro atoms. The Bertz CT molecular complexity index is 2000. The van der Waals surface area contributed by atoms with Gasteiger partial charge in [0.25, 0.3) is 0 Å². The summed E-state index contributed by atoms with van der Waals surface area (Å²) in [4.78, 5) is 0. The summed E-state index contributed by atoms with van der Waals surface area (Å²) in [6, 6.07) is 44.0. The van der Waals surface area contributed by atoms with Crippen molar-refractivity contribution in [3.63, 3.8) is 0 Å². The molecule has 2 aromatic heterocycles. The first-order valence-corrected chi connectivity index (χ1v) is 13.4. The topological polar surface area (TPSA) is 9.86 Å². The summed E-state index contributed by atoms with van der Waals surface area (Å²) < 4.78 is 4.85. The zero-order valence-electron chi connectivity index (χ0n) is 21.0. The summed E-state index contributed by atoms with van der Waals surface area (Å²) in [7, 11) is 0. The third-order valence-electron chi connectivity index (χ3n) is 7.98. The van der Waals surface area contributed by atoms with E-state index in [1.165, 1.54) is 66.5 Å². The predicted molar refractivity (Wildman–Crippen MR) is 160 cm³/mol. The van der Waals surface area contributed by atoms with E-state index in [9.17, 15) is 0 Å². The van der Waals surface area contributed by atoms with Crippen molar-refractivity contribution in [2.45, 2.75) is 12.8 Å². The standard InChI is InChI=1S/C36H26N2/c1-3-12-26(13-4-1)37-33-20-9-8-17-30(33)32-24-25(22-23-35(32)37)28-18-11-19-31-29-16-7-10-21-34(29)38(36(28)31)27-14-5-2-6-15-27/h1-7,9-16,18-24H,8,17H2. The van der Waals surface area contributed by atoms with Crippen molar-refractivity contribution in [2.75, 3.05) is 0 Å². The lowest BCUT2D eigenvalue weighted by Crippen LogP contribution is -1.99. The second kappa shape index (κ2) is 8.36. The molecule has 0 unspecified atom stereocenters. The number of hydrogen-bond acceptors (Lipinski definition) is 0. The summed E-state index contributed by atoms with van der Waals surface area (Å²) in [5.74, 6) is 0. The third kappa shape index (κ3) is 3.07. The average molecular weight is 487 g/mol. The quantitative estimate of drug-likeness (QED) is 0.235. The van der Waals surface area contributed by atoms with Gasteiger partial charge in [-0.05, 0) is 72.5 Å². The summed E-state index contributed by atoms with van der Waals surface area (Å²) in [6.07, 6.45) is 6.77. The lowest BCUT2D eigenvalue weighted by atomic mass is 9.97. The molecule has 38 heavy (non-hydrogen) atoms. The molecule has 7 aromatic rings. The van der Waals surface area contributed by atoms with Crippen LogP contribution in [0.4, 0.5) is 0 Å². The van der Waals surface area contributed by atoms with Gasteiger partial charge in [0.1, 0.15) is 0 Å². The van der Waals surface area contributed by atoms with Crippen molar-refractivity contribution in [2.24, 2.45) is 0 Å². The van der Waals surface area contributed by atoms with Gasteiger partial charge in [0, 0.05) is 38.8 Å². The SMILES string of the molecule is C1=Cc2c(c3cc(-c4cccc5c6ccccc6n(-c6ccccc6)c45)ccc3n2-c2ccccc2)CC1. The molecule has 0 amide bonds. The van der Waals surface area contributed by atoms with Gasteiger partial charge in [-0.1, -0.05) is 84.9 Å². The molecule has 0 N–H and O–H groups in total. The van der Waals surface area contributed by atoms with Crippen molar-refractivity contribution < 1.29 is 0 Å². The van der Waals surface area contributed by atoms with Crippen LogP contribution in [0.15, 0.2) is 127 Å². The zero-order valence-corrected chi connectivity index (χ0v) is 21.0. The molecule has 0 saturated carbocycles. The van der Waals surface area contributed by atoms with E-state index in [1.807, 2.05) is 0 Å². The van der Waals surface area contributed by atoms with Crippen molar-refractivity contribution >= 4 is 38.8 Å². The Balaban J connectivity index is 1.44. The summed E-state index contributed by atoms with van der Waals surface area (Å²) in [6.45, 7) is 0. The van der Waals surface area contributed by atoms with Gasteiger partial charge in [-0.15, -0.1) is 0 Å². The molecule has 1 aliphatic rings. The number of aryl methyl sites for hydroxylation is 1. The summed E-state index contributed by atoms with van der Waals surface area (Å²) in [5.41, 5.74) is 11.4. The second-order valence-electron chi connectivity index (χ2n) is 10.1. The molecule has 2 heteroatoms. The average Bonchev–Trinajstić information content (AvgIpc) is 3.51. The van der Waals surface area contributed by atoms with E-state index in [0.717, 1.165) is 12.8 Å². The van der Waals surface area contributed by atoms with Gasteiger partial charge < -0.3 is 9.13 Å². The minimum Gasteiger partial charge on any atom is -0.310 e. The zero-order chi connectivity index (χ0) is 25.1. The lowest BCUT2D eigenvalue weighted by Gasteiger charge is -2.12. The van der Waals surface area contributed by atoms with Crippen LogP contribution in [-0.4, -0.2) is 9.13 Å². The first-order valence-electron chi connectivity index (χ1n) is 13.4. The Morgan fingerprint density at radius 2 is 1.21 bits per heavy atom. The van der Waals surface area contributed by atoms with E-state index in [4.69, 9.17) is 0 Å². The second-order valence-corrected chi connectivity index (χ2v) is 10.1. The molecule has 180 valence electrons. The van der Waals surface area contributed by atoms with Gasteiger partial charge in [0.2, 0.25) is 0 Å². The molecule has 2 heterocycles. The van der Waals surface area contributed by atoms with Crippen LogP contribution in [0.25, 0.3) is 61.3 Å². The van der Waals surface area contributed by atoms with Crippen LogP contribution in [0.3, 0.4) is 0 Å². The van der Waals surface area contributed by atoms with Crippen LogP contribution in [0, 0.1) is 0 Å². The highest BCUT2D eigenvalue weighted by atomic mass is 15.0. The molecule has 8 rings (SSSR count). The molecular weight excluding hydrogens is 460 g/mol. The Hall–Kier alpha value is -4.82. The smallest absolute Gasteiger partial charge is 0.0619 e. The maximum absolute atomic E-state index is 2.43. The van der Waals surface area contributed by atoms with Crippen molar-refractivity contribution in [3.8, 4) is 22.5 Å². The Morgan fingerprint density at radius 3 is 2.03 bits per heavy atom. The van der Waals surface area contributed by atoms with Crippen molar-refractivity contribution in [3.05, 3.63) is 139 Å². The van der Waals surface area contributed by atoms with Crippen LogP contribution >= 0.6 is 0 Å². The fraction of sp³-hybridized carbons (Fsp3) is 0.0556. The number of benzene rings is 5. The predicted octanol–water partition coefficient (Wildman–Crippen LogP) is 9.35. The van der Waals surface area contributed by atoms with Gasteiger partial charge in [0.15, 0.2) is 0 Å². The highest BCUT2D eigenvalue weighted by Gasteiger charge is 2.21. The van der Waals surface area contributed by atoms with Gasteiger partial charge in [-0.3, -0.25) is 0 Å². The number of rotatable bonds is 3. The van der Waals surface area contributed by atoms with E-state index in [2.05, 4.69) is 143 Å². The first kappa shape index (κ1) is 21.3. The van der Waals surface area contributed by atoms with E-state index in [1.54, 1.807) is 0 Å². The molecule has 0 saturated heterocycles. The lowest BCUT2D eigenvalue weighted by molar-refractivity contribution is 0.967. The van der Waals surface area contributed by atoms with Gasteiger partial charge in [0.05, 0.1) is 16.6 Å². The molecule has 0 bridgehead atoms. The molecule has 0 fully saturated rings. The maximum atomic E-state index is 2.43. The van der Waals surface area contributed by atoms with E-state index >= 15 is 0 Å².